The molecule has 0 saturated heterocycles. The number of ether oxygens (including phenoxy) is 3. The fraction of sp³-hybridized carbons (Fsp3) is 0.891. The summed E-state index contributed by atoms with van der Waals surface area (Å²) >= 11 is 0. The van der Waals surface area contributed by atoms with Crippen LogP contribution in [0.15, 0.2) is 24.3 Å². The Morgan fingerprint density at radius 2 is 0.543 bits per heavy atom. The molecule has 1 atom stereocenters. The lowest BCUT2D eigenvalue weighted by molar-refractivity contribution is -0.167. The van der Waals surface area contributed by atoms with Crippen molar-refractivity contribution in [2.45, 2.75) is 354 Å². The van der Waals surface area contributed by atoms with Crippen molar-refractivity contribution in [2.24, 2.45) is 0 Å². The number of carbonyl (C=O) groups is 3. The van der Waals surface area contributed by atoms with Gasteiger partial charge in [-0.3, -0.25) is 14.4 Å². The summed E-state index contributed by atoms with van der Waals surface area (Å²) < 4.78 is 16.9. The number of hydrogen-bond donors (Lipinski definition) is 0. The Balaban J connectivity index is 4.19. The van der Waals surface area contributed by atoms with E-state index in [1.165, 1.54) is 225 Å². The number of unbranched alkanes of at least 4 members (excludes halogenated alkanes) is 43. The molecule has 0 aromatic heterocycles. The van der Waals surface area contributed by atoms with Crippen molar-refractivity contribution in [1.29, 1.82) is 0 Å². The largest absolute Gasteiger partial charge is 0.462 e. The van der Waals surface area contributed by atoms with Crippen LogP contribution < -0.4 is 0 Å². The topological polar surface area (TPSA) is 78.9 Å². The van der Waals surface area contributed by atoms with Crippen LogP contribution in [0.3, 0.4) is 0 Å². The van der Waals surface area contributed by atoms with Gasteiger partial charge in [-0.1, -0.05) is 308 Å². The van der Waals surface area contributed by atoms with Crippen molar-refractivity contribution in [3.05, 3.63) is 24.3 Å². The number of allylic oxidation sites excluding steroid dienone is 4. The lowest BCUT2D eigenvalue weighted by Gasteiger charge is -2.18. The van der Waals surface area contributed by atoms with E-state index in [1.54, 1.807) is 0 Å². The molecule has 0 saturated carbocycles. The summed E-state index contributed by atoms with van der Waals surface area (Å²) in [5, 5.41) is 0. The quantitative estimate of drug-likeness (QED) is 0.0261. The Morgan fingerprint density at radius 1 is 0.286 bits per heavy atom. The van der Waals surface area contributed by atoms with Gasteiger partial charge in [0.2, 0.25) is 0 Å². The highest BCUT2D eigenvalue weighted by Gasteiger charge is 2.19. The first-order chi connectivity index (χ1) is 34.5. The van der Waals surface area contributed by atoms with E-state index in [4.69, 9.17) is 14.2 Å². The SMILES string of the molecule is CCC/C=C\C/C=C\CCCCCCCC(=O)OCC(COC(=O)CCCCCCCCCCCCCCCCCCCCCCCCCCC)OC(=O)CCCCCCCCCCCCCCCC. The average Bonchev–Trinajstić information content (AvgIpc) is 3.36. The molecule has 0 heterocycles. The number of hydrogen-bond acceptors (Lipinski definition) is 6. The second-order valence-electron chi connectivity index (χ2n) is 21.3. The van der Waals surface area contributed by atoms with Crippen molar-refractivity contribution in [3.8, 4) is 0 Å². The molecule has 0 N–H and O–H groups in total. The lowest BCUT2D eigenvalue weighted by Crippen LogP contribution is -2.30. The Morgan fingerprint density at radius 3 is 0.843 bits per heavy atom. The summed E-state index contributed by atoms with van der Waals surface area (Å²) in [6.45, 7) is 6.62. The summed E-state index contributed by atoms with van der Waals surface area (Å²) in [6, 6.07) is 0. The van der Waals surface area contributed by atoms with Gasteiger partial charge in [0.05, 0.1) is 0 Å². The standard InChI is InChI=1S/C64H120O6/c1-4-7-10-13-16-19-22-25-27-28-29-30-31-32-33-34-35-36-37-40-42-45-48-51-54-57-63(66)69-60-61(59-68-62(65)56-53-50-47-44-41-38-24-21-18-15-12-9-6-3)70-64(67)58-55-52-49-46-43-39-26-23-20-17-14-11-8-5-2/h12,15,21,24,61H,4-11,13-14,16-20,22-23,25-60H2,1-3H3/b15-12-,24-21-. The molecule has 412 valence electrons. The van der Waals surface area contributed by atoms with Gasteiger partial charge >= 0.3 is 17.9 Å². The highest BCUT2D eigenvalue weighted by molar-refractivity contribution is 5.71. The van der Waals surface area contributed by atoms with E-state index >= 15 is 0 Å². The fourth-order valence-electron chi connectivity index (χ4n) is 9.48. The van der Waals surface area contributed by atoms with Crippen LogP contribution in [0.1, 0.15) is 348 Å². The highest BCUT2D eigenvalue weighted by atomic mass is 16.6. The molecule has 0 aliphatic heterocycles. The third-order valence-corrected chi connectivity index (χ3v) is 14.2. The summed E-state index contributed by atoms with van der Waals surface area (Å²) in [5.41, 5.74) is 0. The van der Waals surface area contributed by atoms with E-state index in [2.05, 4.69) is 45.1 Å². The molecule has 6 nitrogen and oxygen atoms in total. The van der Waals surface area contributed by atoms with Gasteiger partial charge in [0.15, 0.2) is 6.10 Å². The van der Waals surface area contributed by atoms with E-state index in [0.717, 1.165) is 83.5 Å². The van der Waals surface area contributed by atoms with Gasteiger partial charge in [-0.25, -0.2) is 0 Å². The molecule has 70 heavy (non-hydrogen) atoms. The predicted molar refractivity (Wildman–Crippen MR) is 303 cm³/mol. The molecule has 0 radical (unpaired) electrons. The van der Waals surface area contributed by atoms with Gasteiger partial charge in [-0.15, -0.1) is 0 Å². The molecule has 0 amide bonds. The molecule has 0 aliphatic rings. The van der Waals surface area contributed by atoms with E-state index in [1.807, 2.05) is 0 Å². The van der Waals surface area contributed by atoms with Crippen molar-refractivity contribution < 1.29 is 28.6 Å². The van der Waals surface area contributed by atoms with Crippen molar-refractivity contribution in [3.63, 3.8) is 0 Å². The summed E-state index contributed by atoms with van der Waals surface area (Å²) in [7, 11) is 0. The maximum atomic E-state index is 12.9. The van der Waals surface area contributed by atoms with Crippen LogP contribution in [0.4, 0.5) is 0 Å². The van der Waals surface area contributed by atoms with Crippen molar-refractivity contribution in [2.75, 3.05) is 13.2 Å². The van der Waals surface area contributed by atoms with E-state index in [9.17, 15) is 14.4 Å². The first kappa shape index (κ1) is 67.9. The molecule has 0 spiro atoms. The van der Waals surface area contributed by atoms with Crippen LogP contribution in [-0.2, 0) is 28.6 Å². The summed E-state index contributed by atoms with van der Waals surface area (Å²) in [4.78, 5) is 38.2. The molecule has 0 aromatic rings. The monoisotopic (exact) mass is 985 g/mol. The third kappa shape index (κ3) is 56.8. The maximum Gasteiger partial charge on any atom is 0.306 e. The molecule has 0 aliphatic carbocycles. The molecule has 0 fully saturated rings. The van der Waals surface area contributed by atoms with E-state index < -0.39 is 6.10 Å². The van der Waals surface area contributed by atoms with E-state index in [-0.39, 0.29) is 31.1 Å². The Labute approximate surface area is 436 Å². The molecule has 0 bridgehead atoms. The van der Waals surface area contributed by atoms with Crippen LogP contribution >= 0.6 is 0 Å². The minimum atomic E-state index is -0.772. The highest BCUT2D eigenvalue weighted by Crippen LogP contribution is 2.18. The van der Waals surface area contributed by atoms with E-state index in [0.29, 0.717) is 19.3 Å². The minimum absolute atomic E-state index is 0.0699. The Kier molecular flexibility index (Phi) is 57.7. The zero-order valence-electron chi connectivity index (χ0n) is 47.3. The molecule has 1 unspecified atom stereocenters. The molecule has 0 rings (SSSR count). The molecule has 0 aromatic carbocycles. The van der Waals surface area contributed by atoms with Crippen molar-refractivity contribution in [1.82, 2.24) is 0 Å². The normalized spacial score (nSPS) is 12.1. The van der Waals surface area contributed by atoms with Crippen LogP contribution in [0.2, 0.25) is 0 Å². The first-order valence-electron chi connectivity index (χ1n) is 31.3. The molecule has 6 heteroatoms. The van der Waals surface area contributed by atoms with Crippen LogP contribution in [0.5, 0.6) is 0 Å². The summed E-state index contributed by atoms with van der Waals surface area (Å²) in [5.74, 6) is -0.861. The third-order valence-electron chi connectivity index (χ3n) is 14.2. The van der Waals surface area contributed by atoms with Gasteiger partial charge in [-0.2, -0.15) is 0 Å². The molecular formula is C64H120O6. The zero-order valence-corrected chi connectivity index (χ0v) is 47.3. The lowest BCUT2D eigenvalue weighted by atomic mass is 10.0. The van der Waals surface area contributed by atoms with Crippen molar-refractivity contribution >= 4 is 17.9 Å². The number of rotatable bonds is 58. The van der Waals surface area contributed by atoms with Gasteiger partial charge in [0.1, 0.15) is 13.2 Å². The predicted octanol–water partition coefficient (Wildman–Crippen LogP) is 21.1. The fourth-order valence-corrected chi connectivity index (χ4v) is 9.48. The smallest absolute Gasteiger partial charge is 0.306 e. The van der Waals surface area contributed by atoms with Gasteiger partial charge in [-0.05, 0) is 44.9 Å². The van der Waals surface area contributed by atoms with Gasteiger partial charge < -0.3 is 14.2 Å². The minimum Gasteiger partial charge on any atom is -0.462 e. The second-order valence-corrected chi connectivity index (χ2v) is 21.3. The number of carbonyl (C=O) groups excluding carboxylic acids is 3. The van der Waals surface area contributed by atoms with Crippen LogP contribution in [-0.4, -0.2) is 37.2 Å². The van der Waals surface area contributed by atoms with Gasteiger partial charge in [0.25, 0.3) is 0 Å². The maximum absolute atomic E-state index is 12.9. The number of esters is 3. The first-order valence-corrected chi connectivity index (χ1v) is 31.3. The molecular weight excluding hydrogens is 865 g/mol. The Hall–Kier alpha value is -2.11. The van der Waals surface area contributed by atoms with Gasteiger partial charge in [0, 0.05) is 19.3 Å². The Bertz CT molecular complexity index is 1130. The summed E-state index contributed by atoms with van der Waals surface area (Å²) in [6.07, 6.45) is 70.5. The van der Waals surface area contributed by atoms with Crippen LogP contribution in [0.25, 0.3) is 0 Å². The van der Waals surface area contributed by atoms with Crippen LogP contribution in [0, 0.1) is 0 Å². The second kappa shape index (κ2) is 59.5. The zero-order chi connectivity index (χ0) is 50.7. The average molecular weight is 986 g/mol.